The number of benzene rings is 1. The molecule has 0 aliphatic heterocycles. The van der Waals surface area contributed by atoms with Crippen molar-refractivity contribution < 1.29 is 4.74 Å². The van der Waals surface area contributed by atoms with Crippen LogP contribution in [0.5, 0.6) is 5.75 Å². The predicted octanol–water partition coefficient (Wildman–Crippen LogP) is 3.09. The Morgan fingerprint density at radius 1 is 1.29 bits per heavy atom. The number of methoxy groups -OCH3 is 1. The van der Waals surface area contributed by atoms with Crippen molar-refractivity contribution in [2.45, 2.75) is 51.1 Å². The van der Waals surface area contributed by atoms with Crippen molar-refractivity contribution in [2.75, 3.05) is 27.2 Å². The quantitative estimate of drug-likeness (QED) is 0.796. The van der Waals surface area contributed by atoms with Gasteiger partial charge in [0.1, 0.15) is 5.75 Å². The van der Waals surface area contributed by atoms with Gasteiger partial charge in [0.25, 0.3) is 0 Å². The van der Waals surface area contributed by atoms with Crippen LogP contribution in [0.15, 0.2) is 24.3 Å². The van der Waals surface area contributed by atoms with E-state index >= 15 is 0 Å². The van der Waals surface area contributed by atoms with Crippen LogP contribution in [0.4, 0.5) is 0 Å². The highest BCUT2D eigenvalue weighted by molar-refractivity contribution is 5.33. The van der Waals surface area contributed by atoms with Crippen LogP contribution in [-0.4, -0.2) is 44.2 Å². The van der Waals surface area contributed by atoms with Crippen molar-refractivity contribution >= 4 is 0 Å². The first-order valence-corrected chi connectivity index (χ1v) is 8.26. The molecule has 118 valence electrons. The summed E-state index contributed by atoms with van der Waals surface area (Å²) in [7, 11) is 3.97. The minimum atomic E-state index is 0.520. The van der Waals surface area contributed by atoms with Gasteiger partial charge >= 0.3 is 0 Å². The Morgan fingerprint density at radius 3 is 2.71 bits per heavy atom. The maximum atomic E-state index is 5.44. The first-order valence-electron chi connectivity index (χ1n) is 8.26. The summed E-state index contributed by atoms with van der Waals surface area (Å²) in [5, 5.41) is 3.69. The van der Waals surface area contributed by atoms with Crippen molar-refractivity contribution in [3.05, 3.63) is 29.8 Å². The van der Waals surface area contributed by atoms with Gasteiger partial charge in [-0.15, -0.1) is 0 Å². The van der Waals surface area contributed by atoms with Crippen LogP contribution >= 0.6 is 0 Å². The zero-order chi connectivity index (χ0) is 15.1. The second kappa shape index (κ2) is 8.40. The third-order valence-corrected chi connectivity index (χ3v) is 4.71. The number of hydrogen-bond acceptors (Lipinski definition) is 3. The van der Waals surface area contributed by atoms with Gasteiger partial charge in [-0.1, -0.05) is 31.0 Å². The van der Waals surface area contributed by atoms with Crippen molar-refractivity contribution in [1.82, 2.24) is 10.2 Å². The van der Waals surface area contributed by atoms with Gasteiger partial charge in [-0.25, -0.2) is 0 Å². The molecule has 3 heteroatoms. The lowest BCUT2D eigenvalue weighted by Gasteiger charge is -2.26. The number of para-hydroxylation sites is 1. The molecule has 0 saturated heterocycles. The summed E-state index contributed by atoms with van der Waals surface area (Å²) >= 11 is 0. The van der Waals surface area contributed by atoms with Crippen molar-refractivity contribution in [2.24, 2.45) is 0 Å². The van der Waals surface area contributed by atoms with E-state index in [1.54, 1.807) is 7.11 Å². The molecule has 1 aromatic carbocycles. The van der Waals surface area contributed by atoms with Gasteiger partial charge in [-0.2, -0.15) is 0 Å². The van der Waals surface area contributed by atoms with Gasteiger partial charge in [-0.05, 0) is 44.9 Å². The molecule has 1 atom stereocenters. The molecule has 0 spiro atoms. The number of nitrogens with zero attached hydrogens (tertiary/aromatic N) is 1. The van der Waals surface area contributed by atoms with Gasteiger partial charge in [0, 0.05) is 25.2 Å². The second-order valence-electron chi connectivity index (χ2n) is 6.28. The Bertz CT molecular complexity index is 415. The molecule has 1 aliphatic rings. The third kappa shape index (κ3) is 5.01. The lowest BCUT2D eigenvalue weighted by atomic mass is 10.1. The molecule has 1 fully saturated rings. The summed E-state index contributed by atoms with van der Waals surface area (Å²) in [4.78, 5) is 2.44. The average molecular weight is 290 g/mol. The number of ether oxygens (including phenoxy) is 1. The highest BCUT2D eigenvalue weighted by Gasteiger charge is 2.15. The molecular weight excluding hydrogens is 260 g/mol. The smallest absolute Gasteiger partial charge is 0.122 e. The molecule has 0 aromatic heterocycles. The first kappa shape index (κ1) is 16.3. The highest BCUT2D eigenvalue weighted by Crippen LogP contribution is 2.20. The van der Waals surface area contributed by atoms with Crippen LogP contribution in [0.3, 0.4) is 0 Å². The van der Waals surface area contributed by atoms with Gasteiger partial charge in [0.15, 0.2) is 0 Å². The number of nitrogens with one attached hydrogen (secondary N) is 1. The molecule has 0 heterocycles. The largest absolute Gasteiger partial charge is 0.496 e. The molecule has 1 saturated carbocycles. The Hall–Kier alpha value is -1.06. The van der Waals surface area contributed by atoms with E-state index in [9.17, 15) is 0 Å². The fourth-order valence-corrected chi connectivity index (χ4v) is 3.14. The third-order valence-electron chi connectivity index (χ3n) is 4.71. The molecule has 3 nitrogen and oxygen atoms in total. The summed E-state index contributed by atoms with van der Waals surface area (Å²) in [6, 6.07) is 9.62. The highest BCUT2D eigenvalue weighted by atomic mass is 16.5. The Morgan fingerprint density at radius 2 is 2.00 bits per heavy atom. The van der Waals surface area contributed by atoms with Gasteiger partial charge < -0.3 is 15.0 Å². The molecule has 0 amide bonds. The monoisotopic (exact) mass is 290 g/mol. The fourth-order valence-electron chi connectivity index (χ4n) is 3.14. The molecule has 0 bridgehead atoms. The van der Waals surface area contributed by atoms with Crippen LogP contribution in [0.2, 0.25) is 0 Å². The van der Waals surface area contributed by atoms with Gasteiger partial charge in [0.05, 0.1) is 7.11 Å². The number of hydrogen-bond donors (Lipinski definition) is 1. The van der Waals surface area contributed by atoms with Crippen LogP contribution in [0.1, 0.15) is 38.2 Å². The van der Waals surface area contributed by atoms with Crippen molar-refractivity contribution in [3.63, 3.8) is 0 Å². The summed E-state index contributed by atoms with van der Waals surface area (Å²) in [5.41, 5.74) is 1.29. The van der Waals surface area contributed by atoms with E-state index < -0.39 is 0 Å². The summed E-state index contributed by atoms with van der Waals surface area (Å²) < 4.78 is 5.44. The van der Waals surface area contributed by atoms with E-state index in [1.807, 2.05) is 12.1 Å². The van der Waals surface area contributed by atoms with Crippen molar-refractivity contribution in [3.8, 4) is 5.75 Å². The minimum absolute atomic E-state index is 0.520. The fraction of sp³-hybridized carbons (Fsp3) is 0.667. The molecular formula is C18H30N2O. The standard InChI is InChI=1S/C18H30N2O/c1-15(14-16-8-4-7-11-18(16)21-3)20(2)13-12-19-17-9-5-6-10-17/h4,7-8,11,15,17,19H,5-6,9-10,12-14H2,1-3H3. The van der Waals surface area contributed by atoms with E-state index in [0.29, 0.717) is 6.04 Å². The lowest BCUT2D eigenvalue weighted by Crippen LogP contribution is -2.39. The Labute approximate surface area is 129 Å². The molecule has 0 radical (unpaired) electrons. The van der Waals surface area contributed by atoms with Gasteiger partial charge in [-0.3, -0.25) is 0 Å². The maximum Gasteiger partial charge on any atom is 0.122 e. The zero-order valence-electron chi connectivity index (χ0n) is 13.8. The molecule has 1 aliphatic carbocycles. The normalized spacial score (nSPS) is 17.3. The van der Waals surface area contributed by atoms with Gasteiger partial charge in [0.2, 0.25) is 0 Å². The zero-order valence-corrected chi connectivity index (χ0v) is 13.8. The van der Waals surface area contributed by atoms with Crippen LogP contribution in [0.25, 0.3) is 0 Å². The second-order valence-corrected chi connectivity index (χ2v) is 6.28. The predicted molar refractivity (Wildman–Crippen MR) is 89.0 cm³/mol. The van der Waals surface area contributed by atoms with Crippen LogP contribution in [0, 0.1) is 0 Å². The first-order chi connectivity index (χ1) is 10.2. The van der Waals surface area contributed by atoms with E-state index in [4.69, 9.17) is 4.74 Å². The summed E-state index contributed by atoms with van der Waals surface area (Å²) in [5.74, 6) is 1.00. The molecule has 1 N–H and O–H groups in total. The van der Waals surface area contributed by atoms with Crippen LogP contribution in [-0.2, 0) is 6.42 Å². The molecule has 1 aromatic rings. The van der Waals surface area contributed by atoms with E-state index in [-0.39, 0.29) is 0 Å². The maximum absolute atomic E-state index is 5.44. The SMILES string of the molecule is COc1ccccc1CC(C)N(C)CCNC1CCCC1. The topological polar surface area (TPSA) is 24.5 Å². The minimum Gasteiger partial charge on any atom is -0.496 e. The number of rotatable bonds is 8. The molecule has 2 rings (SSSR count). The van der Waals surface area contributed by atoms with Crippen molar-refractivity contribution in [1.29, 1.82) is 0 Å². The van der Waals surface area contributed by atoms with E-state index in [2.05, 4.69) is 36.3 Å². The van der Waals surface area contributed by atoms with E-state index in [0.717, 1.165) is 31.3 Å². The lowest BCUT2D eigenvalue weighted by molar-refractivity contribution is 0.250. The average Bonchev–Trinajstić information content (AvgIpc) is 3.01. The Balaban J connectivity index is 1.74. The molecule has 1 unspecified atom stereocenters. The molecule has 21 heavy (non-hydrogen) atoms. The summed E-state index contributed by atoms with van der Waals surface area (Å²) in [6.07, 6.45) is 6.56. The number of likely N-dealkylation sites (N-methyl/N-ethyl adjacent to an activating group) is 1. The van der Waals surface area contributed by atoms with E-state index in [1.165, 1.54) is 31.2 Å². The van der Waals surface area contributed by atoms with Crippen LogP contribution < -0.4 is 10.1 Å². The summed E-state index contributed by atoms with van der Waals surface area (Å²) in [6.45, 7) is 4.49. The Kier molecular flexibility index (Phi) is 6.52.